The van der Waals surface area contributed by atoms with Gasteiger partial charge in [-0.2, -0.15) is 0 Å². The summed E-state index contributed by atoms with van der Waals surface area (Å²) >= 11 is 0. The van der Waals surface area contributed by atoms with Crippen LogP contribution in [-0.4, -0.2) is 43.3 Å². The summed E-state index contributed by atoms with van der Waals surface area (Å²) in [4.78, 5) is 2.48. The van der Waals surface area contributed by atoms with Gasteiger partial charge in [-0.25, -0.2) is 0 Å². The smallest absolute Gasteiger partial charge is 0.0589 e. The van der Waals surface area contributed by atoms with Crippen LogP contribution >= 0.6 is 0 Å². The van der Waals surface area contributed by atoms with Gasteiger partial charge in [0.15, 0.2) is 0 Å². The summed E-state index contributed by atoms with van der Waals surface area (Å²) in [6.45, 7) is 16.0. The predicted molar refractivity (Wildman–Crippen MR) is 75.2 cm³/mol. The Morgan fingerprint density at radius 1 is 1.24 bits per heavy atom. The molecule has 0 rings (SSSR count). The molecule has 3 nitrogen and oxygen atoms in total. The van der Waals surface area contributed by atoms with Gasteiger partial charge in [0, 0.05) is 31.8 Å². The third-order valence-corrected chi connectivity index (χ3v) is 4.14. The monoisotopic (exact) mass is 244 g/mol. The van der Waals surface area contributed by atoms with Gasteiger partial charge in [0.2, 0.25) is 0 Å². The maximum Gasteiger partial charge on any atom is 0.0589 e. The summed E-state index contributed by atoms with van der Waals surface area (Å²) in [5.74, 6) is 0. The minimum Gasteiger partial charge on any atom is -0.383 e. The number of hydrogen-bond acceptors (Lipinski definition) is 3. The number of nitrogens with zero attached hydrogens (tertiary/aromatic N) is 1. The molecule has 0 spiro atoms. The standard InChI is InChI=1S/C14H32N2O/c1-8-12(2)16(9-10-17-7)11-13(3,4)14(5,6)15/h12H,8-11,15H2,1-7H3. The fraction of sp³-hybridized carbons (Fsp3) is 1.00. The van der Waals surface area contributed by atoms with Crippen LogP contribution in [0.5, 0.6) is 0 Å². The second-order valence-corrected chi connectivity index (χ2v) is 6.33. The van der Waals surface area contributed by atoms with E-state index in [9.17, 15) is 0 Å². The normalized spacial score (nSPS) is 15.4. The van der Waals surface area contributed by atoms with Crippen molar-refractivity contribution in [3.8, 4) is 0 Å². The molecule has 0 fully saturated rings. The Balaban J connectivity index is 4.62. The molecule has 0 aromatic rings. The van der Waals surface area contributed by atoms with Crippen molar-refractivity contribution in [2.45, 2.75) is 59.5 Å². The van der Waals surface area contributed by atoms with Crippen LogP contribution in [0.4, 0.5) is 0 Å². The lowest BCUT2D eigenvalue weighted by molar-refractivity contribution is 0.0618. The lowest BCUT2D eigenvalue weighted by atomic mass is 9.74. The van der Waals surface area contributed by atoms with Crippen LogP contribution in [0.15, 0.2) is 0 Å². The van der Waals surface area contributed by atoms with Crippen LogP contribution in [0, 0.1) is 5.41 Å². The van der Waals surface area contributed by atoms with Gasteiger partial charge in [0.1, 0.15) is 0 Å². The van der Waals surface area contributed by atoms with Gasteiger partial charge in [0.05, 0.1) is 6.61 Å². The minimum atomic E-state index is -0.175. The van der Waals surface area contributed by atoms with E-state index >= 15 is 0 Å². The highest BCUT2D eigenvalue weighted by Gasteiger charge is 2.35. The van der Waals surface area contributed by atoms with E-state index in [0.29, 0.717) is 6.04 Å². The molecule has 0 aromatic carbocycles. The number of methoxy groups -OCH3 is 1. The first-order valence-corrected chi connectivity index (χ1v) is 6.67. The zero-order chi connectivity index (χ0) is 13.7. The topological polar surface area (TPSA) is 38.5 Å². The van der Waals surface area contributed by atoms with Gasteiger partial charge in [-0.1, -0.05) is 20.8 Å². The Morgan fingerprint density at radius 3 is 2.12 bits per heavy atom. The summed E-state index contributed by atoms with van der Waals surface area (Å²) in [6, 6.07) is 0.576. The van der Waals surface area contributed by atoms with Gasteiger partial charge in [-0.05, 0) is 32.6 Å². The number of nitrogens with two attached hydrogens (primary N) is 1. The van der Waals surface area contributed by atoms with E-state index in [4.69, 9.17) is 10.5 Å². The van der Waals surface area contributed by atoms with E-state index in [1.807, 2.05) is 0 Å². The maximum absolute atomic E-state index is 6.27. The zero-order valence-corrected chi connectivity index (χ0v) is 12.8. The molecule has 0 heterocycles. The molecule has 0 saturated carbocycles. The lowest BCUT2D eigenvalue weighted by Crippen LogP contribution is -2.54. The molecule has 0 radical (unpaired) electrons. The highest BCUT2D eigenvalue weighted by atomic mass is 16.5. The van der Waals surface area contributed by atoms with Crippen molar-refractivity contribution in [2.24, 2.45) is 11.1 Å². The van der Waals surface area contributed by atoms with E-state index in [2.05, 4.69) is 46.4 Å². The fourth-order valence-corrected chi connectivity index (χ4v) is 1.63. The van der Waals surface area contributed by atoms with Gasteiger partial charge < -0.3 is 10.5 Å². The van der Waals surface area contributed by atoms with Crippen molar-refractivity contribution >= 4 is 0 Å². The molecule has 0 aliphatic rings. The summed E-state index contributed by atoms with van der Waals surface area (Å²) in [6.07, 6.45) is 1.16. The Hall–Kier alpha value is -0.120. The molecule has 104 valence electrons. The Kier molecular flexibility index (Phi) is 6.67. The first-order chi connectivity index (χ1) is 7.65. The number of hydrogen-bond donors (Lipinski definition) is 1. The minimum absolute atomic E-state index is 0.0875. The fourth-order valence-electron chi connectivity index (χ4n) is 1.63. The molecule has 17 heavy (non-hydrogen) atoms. The van der Waals surface area contributed by atoms with Gasteiger partial charge >= 0.3 is 0 Å². The van der Waals surface area contributed by atoms with Crippen LogP contribution in [0.3, 0.4) is 0 Å². The van der Waals surface area contributed by atoms with Crippen LogP contribution in [0.2, 0.25) is 0 Å². The molecular weight excluding hydrogens is 212 g/mol. The second-order valence-electron chi connectivity index (χ2n) is 6.33. The zero-order valence-electron chi connectivity index (χ0n) is 12.8. The van der Waals surface area contributed by atoms with E-state index in [1.165, 1.54) is 0 Å². The van der Waals surface area contributed by atoms with Crippen LogP contribution in [-0.2, 0) is 4.74 Å². The third-order valence-electron chi connectivity index (χ3n) is 4.14. The first kappa shape index (κ1) is 16.9. The SMILES string of the molecule is CCC(C)N(CCOC)CC(C)(C)C(C)(C)N. The summed E-state index contributed by atoms with van der Waals surface area (Å²) < 4.78 is 5.19. The molecule has 0 saturated heterocycles. The van der Waals surface area contributed by atoms with Gasteiger partial charge in [0.25, 0.3) is 0 Å². The molecule has 0 aliphatic carbocycles. The Bertz CT molecular complexity index is 209. The summed E-state index contributed by atoms with van der Waals surface area (Å²) in [5, 5.41) is 0. The van der Waals surface area contributed by atoms with Crippen LogP contribution < -0.4 is 5.73 Å². The van der Waals surface area contributed by atoms with Gasteiger partial charge in [-0.3, -0.25) is 4.90 Å². The highest BCUT2D eigenvalue weighted by molar-refractivity contribution is 4.92. The molecule has 3 heteroatoms. The van der Waals surface area contributed by atoms with Crippen molar-refractivity contribution in [1.29, 1.82) is 0 Å². The molecule has 1 unspecified atom stereocenters. The lowest BCUT2D eigenvalue weighted by Gasteiger charge is -2.43. The van der Waals surface area contributed by atoms with E-state index < -0.39 is 0 Å². The molecule has 2 N–H and O–H groups in total. The number of ether oxygens (including phenoxy) is 1. The third kappa shape index (κ3) is 5.36. The van der Waals surface area contributed by atoms with E-state index in [-0.39, 0.29) is 11.0 Å². The summed E-state index contributed by atoms with van der Waals surface area (Å²) in [5.41, 5.74) is 6.19. The molecular formula is C14H32N2O. The molecule has 0 aromatic heterocycles. The van der Waals surface area contributed by atoms with Crippen molar-refractivity contribution in [3.05, 3.63) is 0 Å². The van der Waals surface area contributed by atoms with Crippen molar-refractivity contribution < 1.29 is 4.74 Å². The highest BCUT2D eigenvalue weighted by Crippen LogP contribution is 2.30. The average Bonchev–Trinajstić information content (AvgIpc) is 2.21. The van der Waals surface area contributed by atoms with Crippen molar-refractivity contribution in [3.63, 3.8) is 0 Å². The van der Waals surface area contributed by atoms with Crippen molar-refractivity contribution in [2.75, 3.05) is 26.8 Å². The molecule has 0 amide bonds. The Labute approximate surface area is 108 Å². The largest absolute Gasteiger partial charge is 0.383 e. The van der Waals surface area contributed by atoms with E-state index in [0.717, 1.165) is 26.1 Å². The second kappa shape index (κ2) is 6.72. The summed E-state index contributed by atoms with van der Waals surface area (Å²) in [7, 11) is 1.76. The predicted octanol–water partition coefficient (Wildman–Crippen LogP) is 2.50. The quantitative estimate of drug-likeness (QED) is 0.713. The molecule has 1 atom stereocenters. The molecule has 0 aliphatic heterocycles. The van der Waals surface area contributed by atoms with E-state index in [1.54, 1.807) is 7.11 Å². The Morgan fingerprint density at radius 2 is 1.76 bits per heavy atom. The van der Waals surface area contributed by atoms with Gasteiger partial charge in [-0.15, -0.1) is 0 Å². The van der Waals surface area contributed by atoms with Crippen LogP contribution in [0.1, 0.15) is 48.0 Å². The average molecular weight is 244 g/mol. The van der Waals surface area contributed by atoms with Crippen molar-refractivity contribution in [1.82, 2.24) is 4.90 Å². The maximum atomic E-state index is 6.27. The first-order valence-electron chi connectivity index (χ1n) is 6.67. The number of rotatable bonds is 8. The molecule has 0 bridgehead atoms. The van der Waals surface area contributed by atoms with Crippen LogP contribution in [0.25, 0.3) is 0 Å².